The van der Waals surface area contributed by atoms with Crippen molar-refractivity contribution in [2.45, 2.75) is 31.9 Å². The molecule has 0 radical (unpaired) electrons. The lowest BCUT2D eigenvalue weighted by atomic mass is 10.3. The maximum Gasteiger partial charge on any atom is 0.453 e. The number of nitrogens with zero attached hydrogens (tertiary/aromatic N) is 4. The first-order valence-electron chi connectivity index (χ1n) is 7.49. The third-order valence-corrected chi connectivity index (χ3v) is 5.20. The number of hydrogen-bond acceptors (Lipinski definition) is 4. The van der Waals surface area contributed by atoms with Gasteiger partial charge in [0.2, 0.25) is 0 Å². The molecule has 2 aromatic rings. The molecule has 0 fully saturated rings. The van der Waals surface area contributed by atoms with Crippen molar-refractivity contribution in [3.8, 4) is 11.5 Å². The van der Waals surface area contributed by atoms with Crippen LogP contribution in [-0.2, 0) is 17.5 Å². The fraction of sp³-hybridized carbons (Fsp3) is 0.500. The summed E-state index contributed by atoms with van der Waals surface area (Å²) in [4.78, 5) is 7.76. The van der Waals surface area contributed by atoms with Crippen molar-refractivity contribution in [1.82, 2.24) is 19.7 Å². The molecule has 10 heteroatoms. The Morgan fingerprint density at radius 1 is 1.25 bits per heavy atom. The van der Waals surface area contributed by atoms with Crippen LogP contribution in [0.3, 0.4) is 0 Å². The maximum absolute atomic E-state index is 12.9. The Bertz CT molecular complexity index is 661. The number of ether oxygens (including phenoxy) is 1. The van der Waals surface area contributed by atoms with Gasteiger partial charge >= 0.3 is 6.18 Å². The van der Waals surface area contributed by atoms with Crippen molar-refractivity contribution < 1.29 is 17.9 Å². The third kappa shape index (κ3) is 5.52. The van der Waals surface area contributed by atoms with Gasteiger partial charge < -0.3 is 4.74 Å². The predicted molar refractivity (Wildman–Crippen MR) is 95.5 cm³/mol. The summed E-state index contributed by atoms with van der Waals surface area (Å²) in [5, 5.41) is 3.58. The van der Waals surface area contributed by atoms with Gasteiger partial charge in [0.15, 0.2) is 5.82 Å². The molecule has 2 heterocycles. The van der Waals surface area contributed by atoms with Crippen LogP contribution in [0.15, 0.2) is 18.3 Å². The SMILES string of the molecule is C[SiH](C)CCOCCn1nc(C(F)(F)F)nc1-c1ccc(I)cn1. The zero-order valence-electron chi connectivity index (χ0n) is 13.3. The van der Waals surface area contributed by atoms with Gasteiger partial charge in [-0.3, -0.25) is 4.98 Å². The predicted octanol–water partition coefficient (Wildman–Crippen LogP) is 3.47. The molecule has 132 valence electrons. The van der Waals surface area contributed by atoms with Gasteiger partial charge in [0.1, 0.15) is 5.69 Å². The van der Waals surface area contributed by atoms with Crippen LogP contribution in [0, 0.1) is 3.57 Å². The number of alkyl halides is 3. The molecule has 2 rings (SSSR count). The van der Waals surface area contributed by atoms with Gasteiger partial charge in [-0.25, -0.2) is 9.67 Å². The van der Waals surface area contributed by atoms with E-state index in [4.69, 9.17) is 4.74 Å². The van der Waals surface area contributed by atoms with Gasteiger partial charge in [0.05, 0.1) is 13.2 Å². The van der Waals surface area contributed by atoms with E-state index in [1.54, 1.807) is 18.3 Å². The molecule has 0 saturated heterocycles. The second-order valence-corrected chi connectivity index (χ2v) is 10.2. The number of rotatable bonds is 7. The summed E-state index contributed by atoms with van der Waals surface area (Å²) in [5.41, 5.74) is 0.355. The lowest BCUT2D eigenvalue weighted by Gasteiger charge is -2.07. The summed E-state index contributed by atoms with van der Waals surface area (Å²) in [6.45, 7) is 5.56. The summed E-state index contributed by atoms with van der Waals surface area (Å²) >= 11 is 2.08. The molecule has 0 aliphatic rings. The van der Waals surface area contributed by atoms with Crippen LogP contribution in [0.4, 0.5) is 13.2 Å². The van der Waals surface area contributed by atoms with E-state index in [9.17, 15) is 13.2 Å². The first-order chi connectivity index (χ1) is 11.3. The maximum atomic E-state index is 12.9. The summed E-state index contributed by atoms with van der Waals surface area (Å²) < 4.78 is 46.3. The van der Waals surface area contributed by atoms with Gasteiger partial charge in [0, 0.05) is 25.2 Å². The first kappa shape index (κ1) is 19.3. The monoisotopic (exact) mass is 470 g/mol. The Morgan fingerprint density at radius 2 is 2.00 bits per heavy atom. The van der Waals surface area contributed by atoms with E-state index in [0.717, 1.165) is 9.61 Å². The van der Waals surface area contributed by atoms with Crippen molar-refractivity contribution in [2.24, 2.45) is 0 Å². The minimum absolute atomic E-state index is 0.0977. The van der Waals surface area contributed by atoms with Crippen LogP contribution in [0.5, 0.6) is 0 Å². The Balaban J connectivity index is 2.15. The number of halogens is 4. The van der Waals surface area contributed by atoms with Crippen molar-refractivity contribution >= 4 is 31.4 Å². The van der Waals surface area contributed by atoms with Crippen molar-refractivity contribution in [1.29, 1.82) is 0 Å². The lowest BCUT2D eigenvalue weighted by Crippen LogP contribution is -2.13. The fourth-order valence-corrected chi connectivity index (χ4v) is 2.84. The van der Waals surface area contributed by atoms with E-state index in [2.05, 4.69) is 50.8 Å². The Kier molecular flexibility index (Phi) is 6.75. The number of hydrogen-bond donors (Lipinski definition) is 0. The van der Waals surface area contributed by atoms with E-state index in [1.165, 1.54) is 4.68 Å². The molecule has 0 spiro atoms. The zero-order chi connectivity index (χ0) is 17.7. The second kappa shape index (κ2) is 8.38. The van der Waals surface area contributed by atoms with E-state index in [-0.39, 0.29) is 12.4 Å². The average molecular weight is 470 g/mol. The van der Waals surface area contributed by atoms with Crippen LogP contribution >= 0.6 is 22.6 Å². The highest BCUT2D eigenvalue weighted by Gasteiger charge is 2.37. The van der Waals surface area contributed by atoms with Crippen molar-refractivity contribution in [2.75, 3.05) is 13.2 Å². The van der Waals surface area contributed by atoms with Crippen LogP contribution in [-0.4, -0.2) is 41.8 Å². The highest BCUT2D eigenvalue weighted by Crippen LogP contribution is 2.28. The molecule has 0 amide bonds. The molecule has 5 nitrogen and oxygen atoms in total. The Labute approximate surface area is 153 Å². The molecular formula is C14H18F3IN4OSi. The molecular weight excluding hydrogens is 452 g/mol. The smallest absolute Gasteiger partial charge is 0.380 e. The third-order valence-electron chi connectivity index (χ3n) is 3.17. The van der Waals surface area contributed by atoms with E-state index < -0.39 is 20.8 Å². The van der Waals surface area contributed by atoms with E-state index in [0.29, 0.717) is 18.9 Å². The van der Waals surface area contributed by atoms with Crippen molar-refractivity contribution in [3.63, 3.8) is 0 Å². The van der Waals surface area contributed by atoms with Gasteiger partial charge in [-0.2, -0.15) is 13.2 Å². The average Bonchev–Trinajstić information content (AvgIpc) is 2.92. The number of aromatic nitrogens is 4. The lowest BCUT2D eigenvalue weighted by molar-refractivity contribution is -0.145. The van der Waals surface area contributed by atoms with Crippen LogP contribution < -0.4 is 0 Å². The first-order valence-corrected chi connectivity index (χ1v) is 11.7. The van der Waals surface area contributed by atoms with Gasteiger partial charge in [0.25, 0.3) is 5.82 Å². The van der Waals surface area contributed by atoms with Crippen LogP contribution in [0.25, 0.3) is 11.5 Å². The number of pyridine rings is 1. The second-order valence-electron chi connectivity index (χ2n) is 5.64. The van der Waals surface area contributed by atoms with Gasteiger partial charge in [-0.1, -0.05) is 13.1 Å². The van der Waals surface area contributed by atoms with Gasteiger partial charge in [-0.15, -0.1) is 5.10 Å². The summed E-state index contributed by atoms with van der Waals surface area (Å²) in [6.07, 6.45) is -3.01. The largest absolute Gasteiger partial charge is 0.453 e. The molecule has 0 aliphatic carbocycles. The highest BCUT2D eigenvalue weighted by molar-refractivity contribution is 14.1. The Morgan fingerprint density at radius 3 is 2.58 bits per heavy atom. The van der Waals surface area contributed by atoms with E-state index >= 15 is 0 Å². The molecule has 0 bridgehead atoms. The highest BCUT2D eigenvalue weighted by atomic mass is 127. The van der Waals surface area contributed by atoms with E-state index in [1.807, 2.05) is 0 Å². The molecule has 2 aromatic heterocycles. The summed E-state index contributed by atoms with van der Waals surface area (Å²) in [5.74, 6) is -1.06. The Hall–Kier alpha value is -1.01. The molecule has 0 aliphatic heterocycles. The molecule has 0 unspecified atom stereocenters. The molecule has 0 aromatic carbocycles. The van der Waals surface area contributed by atoms with Crippen LogP contribution in [0.2, 0.25) is 19.1 Å². The van der Waals surface area contributed by atoms with Crippen LogP contribution in [0.1, 0.15) is 5.82 Å². The molecule has 0 saturated carbocycles. The fourth-order valence-electron chi connectivity index (χ4n) is 1.89. The molecule has 0 atom stereocenters. The quantitative estimate of drug-likeness (QED) is 0.354. The minimum Gasteiger partial charge on any atom is -0.380 e. The zero-order valence-corrected chi connectivity index (χ0v) is 16.7. The normalized spacial score (nSPS) is 12.1. The van der Waals surface area contributed by atoms with Gasteiger partial charge in [-0.05, 0) is 40.8 Å². The summed E-state index contributed by atoms with van der Waals surface area (Å²) in [6, 6.07) is 4.43. The topological polar surface area (TPSA) is 52.8 Å². The minimum atomic E-state index is -4.59. The molecule has 24 heavy (non-hydrogen) atoms. The standard InChI is InChI=1S/C14H18F3IN4OSi/c1-24(2)8-7-23-6-5-22-12(11-4-3-10(18)9-19-11)20-13(21-22)14(15,16)17/h3-4,9,24H,5-8H2,1-2H3. The van der Waals surface area contributed by atoms with Crippen molar-refractivity contribution in [3.05, 3.63) is 27.7 Å². The summed E-state index contributed by atoms with van der Waals surface area (Å²) in [7, 11) is -0.689. The molecule has 0 N–H and O–H groups in total.